The zero-order valence-corrected chi connectivity index (χ0v) is 16.1. The van der Waals surface area contributed by atoms with Crippen molar-refractivity contribution in [3.8, 4) is 11.4 Å². The highest BCUT2D eigenvalue weighted by Gasteiger charge is 2.43. The fourth-order valence-corrected chi connectivity index (χ4v) is 4.62. The third-order valence-corrected chi connectivity index (χ3v) is 6.15. The van der Waals surface area contributed by atoms with Gasteiger partial charge in [0.15, 0.2) is 0 Å². The molecule has 5 nitrogen and oxygen atoms in total. The van der Waals surface area contributed by atoms with Gasteiger partial charge in [-0.25, -0.2) is 4.98 Å². The summed E-state index contributed by atoms with van der Waals surface area (Å²) in [6.45, 7) is 6.71. The molecule has 5 rings (SSSR count). The Morgan fingerprint density at radius 1 is 1.22 bits per heavy atom. The van der Waals surface area contributed by atoms with E-state index in [0.29, 0.717) is 6.54 Å². The van der Waals surface area contributed by atoms with Gasteiger partial charge < -0.3 is 9.88 Å². The minimum atomic E-state index is -0.499. The molecule has 0 atom stereocenters. The lowest BCUT2D eigenvalue weighted by Crippen LogP contribution is -2.35. The second-order valence-electron chi connectivity index (χ2n) is 8.14. The highest BCUT2D eigenvalue weighted by Crippen LogP contribution is 2.43. The first kappa shape index (κ1) is 16.5. The highest BCUT2D eigenvalue weighted by molar-refractivity contribution is 6.09. The molecule has 0 unspecified atom stereocenters. The Balaban J connectivity index is 1.68. The molecule has 3 heterocycles. The van der Waals surface area contributed by atoms with E-state index in [1.165, 1.54) is 29.7 Å². The van der Waals surface area contributed by atoms with Crippen LogP contribution in [0.3, 0.4) is 0 Å². The van der Waals surface area contributed by atoms with Gasteiger partial charge in [-0.3, -0.25) is 9.78 Å². The normalized spacial score (nSPS) is 18.0. The molecule has 1 aliphatic heterocycles. The number of imidazole rings is 1. The summed E-state index contributed by atoms with van der Waals surface area (Å²) in [5.74, 6) is 1.07. The number of benzene rings is 1. The van der Waals surface area contributed by atoms with Crippen LogP contribution in [0.2, 0.25) is 0 Å². The Kier molecular flexibility index (Phi) is 3.45. The van der Waals surface area contributed by atoms with Crippen LogP contribution in [-0.4, -0.2) is 27.4 Å². The molecule has 3 aromatic rings. The molecule has 2 aromatic heterocycles. The number of aromatic nitrogens is 3. The summed E-state index contributed by atoms with van der Waals surface area (Å²) in [6.07, 6.45) is 6.44. The van der Waals surface area contributed by atoms with E-state index < -0.39 is 5.41 Å². The third-order valence-electron chi connectivity index (χ3n) is 6.15. The van der Waals surface area contributed by atoms with Crippen LogP contribution in [-0.2, 0) is 23.1 Å². The number of fused-ring (bicyclic) bond motifs is 3. The number of H-pyrrole nitrogens is 1. The molecular formula is C22H24N4O. The van der Waals surface area contributed by atoms with Crippen molar-refractivity contribution >= 4 is 22.6 Å². The number of hydrogen-bond acceptors (Lipinski definition) is 3. The molecule has 2 aliphatic rings. The second kappa shape index (κ2) is 5.65. The molecule has 0 saturated heterocycles. The first-order chi connectivity index (χ1) is 13.0. The summed E-state index contributed by atoms with van der Waals surface area (Å²) >= 11 is 0. The number of aryl methyl sites for hydroxylation is 1. The van der Waals surface area contributed by atoms with E-state index in [0.717, 1.165) is 41.0 Å². The van der Waals surface area contributed by atoms with Crippen molar-refractivity contribution in [3.63, 3.8) is 0 Å². The van der Waals surface area contributed by atoms with E-state index in [4.69, 9.17) is 4.98 Å². The van der Waals surface area contributed by atoms with Gasteiger partial charge in [0.1, 0.15) is 5.82 Å². The van der Waals surface area contributed by atoms with Crippen LogP contribution in [0, 0.1) is 0 Å². The molecule has 0 saturated carbocycles. The van der Waals surface area contributed by atoms with E-state index in [1.807, 2.05) is 31.9 Å². The van der Waals surface area contributed by atoms with E-state index in [1.54, 1.807) is 0 Å². The maximum atomic E-state index is 12.8. The maximum Gasteiger partial charge on any atom is 0.237 e. The fourth-order valence-electron chi connectivity index (χ4n) is 4.62. The van der Waals surface area contributed by atoms with Gasteiger partial charge in [-0.15, -0.1) is 0 Å². The number of nitrogens with one attached hydrogen (secondary N) is 1. The van der Waals surface area contributed by atoms with Crippen molar-refractivity contribution in [1.29, 1.82) is 0 Å². The summed E-state index contributed by atoms with van der Waals surface area (Å²) in [6, 6.07) is 6.25. The van der Waals surface area contributed by atoms with E-state index in [-0.39, 0.29) is 5.91 Å². The SMILES string of the molecule is CCN1C(=O)C(C)(C)c2cc3[nH]c(-c4ccnc5c4CCCC5)nc3cc21. The van der Waals surface area contributed by atoms with E-state index >= 15 is 0 Å². The number of pyridine rings is 1. The van der Waals surface area contributed by atoms with Gasteiger partial charge in [0.25, 0.3) is 0 Å². The summed E-state index contributed by atoms with van der Waals surface area (Å²) in [4.78, 5) is 27.6. The molecule has 5 heteroatoms. The fraction of sp³-hybridized carbons (Fsp3) is 0.409. The number of hydrogen-bond donors (Lipinski definition) is 1. The molecule has 0 bridgehead atoms. The smallest absolute Gasteiger partial charge is 0.237 e. The van der Waals surface area contributed by atoms with Crippen LogP contribution in [0.25, 0.3) is 22.4 Å². The second-order valence-corrected chi connectivity index (χ2v) is 8.14. The standard InChI is InChI=1S/C22H24N4O/c1-4-26-19-12-18-17(11-15(19)22(2,3)21(26)27)24-20(25-18)14-9-10-23-16-8-6-5-7-13(14)16/h9-12H,4-8H2,1-3H3,(H,24,25). The average Bonchev–Trinajstić information content (AvgIpc) is 3.17. The predicted octanol–water partition coefficient (Wildman–Crippen LogP) is 4.15. The van der Waals surface area contributed by atoms with Gasteiger partial charge >= 0.3 is 0 Å². The lowest BCUT2D eigenvalue weighted by molar-refractivity contribution is -0.122. The lowest BCUT2D eigenvalue weighted by Gasteiger charge is -2.18. The first-order valence-corrected chi connectivity index (χ1v) is 9.84. The van der Waals surface area contributed by atoms with Crippen LogP contribution in [0.1, 0.15) is 50.4 Å². The summed E-state index contributed by atoms with van der Waals surface area (Å²) in [5.41, 5.74) is 7.19. The molecule has 0 radical (unpaired) electrons. The average molecular weight is 360 g/mol. The molecule has 138 valence electrons. The van der Waals surface area contributed by atoms with Crippen LogP contribution in [0.5, 0.6) is 0 Å². The number of rotatable bonds is 2. The third kappa shape index (κ3) is 2.27. The molecule has 1 aromatic carbocycles. The number of nitrogens with zero attached hydrogens (tertiary/aromatic N) is 3. The monoisotopic (exact) mass is 360 g/mol. The molecular weight excluding hydrogens is 336 g/mol. The first-order valence-electron chi connectivity index (χ1n) is 9.84. The van der Waals surface area contributed by atoms with Gasteiger partial charge in [-0.05, 0) is 75.8 Å². The van der Waals surface area contributed by atoms with Gasteiger partial charge in [-0.2, -0.15) is 0 Å². The Morgan fingerprint density at radius 2 is 2.04 bits per heavy atom. The van der Waals surface area contributed by atoms with Crippen molar-refractivity contribution in [2.45, 2.75) is 51.9 Å². The number of likely N-dealkylation sites (N-methyl/N-ethyl adjacent to an activating group) is 1. The zero-order chi connectivity index (χ0) is 18.8. The molecule has 1 aliphatic carbocycles. The summed E-state index contributed by atoms with van der Waals surface area (Å²) < 4.78 is 0. The number of anilines is 1. The largest absolute Gasteiger partial charge is 0.338 e. The lowest BCUT2D eigenvalue weighted by atomic mass is 9.86. The van der Waals surface area contributed by atoms with Gasteiger partial charge in [0.2, 0.25) is 5.91 Å². The van der Waals surface area contributed by atoms with Crippen LogP contribution in [0.4, 0.5) is 5.69 Å². The Hall–Kier alpha value is -2.69. The van der Waals surface area contributed by atoms with Crippen LogP contribution in [0.15, 0.2) is 24.4 Å². The van der Waals surface area contributed by atoms with E-state index in [9.17, 15) is 4.79 Å². The quantitative estimate of drug-likeness (QED) is 0.747. The number of carbonyl (C=O) groups is 1. The van der Waals surface area contributed by atoms with Crippen molar-refractivity contribution < 1.29 is 4.79 Å². The Bertz CT molecular complexity index is 1080. The van der Waals surface area contributed by atoms with Crippen molar-refractivity contribution in [2.75, 3.05) is 11.4 Å². The Labute approximate surface area is 158 Å². The van der Waals surface area contributed by atoms with Gasteiger partial charge in [0.05, 0.1) is 22.1 Å². The molecule has 1 amide bonds. The molecule has 27 heavy (non-hydrogen) atoms. The minimum absolute atomic E-state index is 0.163. The topological polar surface area (TPSA) is 61.9 Å². The van der Waals surface area contributed by atoms with Crippen molar-refractivity contribution in [3.05, 3.63) is 41.2 Å². The Morgan fingerprint density at radius 3 is 2.85 bits per heavy atom. The maximum absolute atomic E-state index is 12.8. The summed E-state index contributed by atoms with van der Waals surface area (Å²) in [7, 11) is 0. The minimum Gasteiger partial charge on any atom is -0.338 e. The van der Waals surface area contributed by atoms with Gasteiger partial charge in [0, 0.05) is 24.0 Å². The molecule has 0 spiro atoms. The van der Waals surface area contributed by atoms with Gasteiger partial charge in [-0.1, -0.05) is 0 Å². The molecule has 0 fully saturated rings. The molecule has 1 N–H and O–H groups in total. The van der Waals surface area contributed by atoms with Crippen molar-refractivity contribution in [2.24, 2.45) is 0 Å². The van der Waals surface area contributed by atoms with Crippen LogP contribution >= 0.6 is 0 Å². The predicted molar refractivity (Wildman–Crippen MR) is 107 cm³/mol. The van der Waals surface area contributed by atoms with Crippen molar-refractivity contribution in [1.82, 2.24) is 15.0 Å². The number of carbonyl (C=O) groups excluding carboxylic acids is 1. The highest BCUT2D eigenvalue weighted by atomic mass is 16.2. The van der Waals surface area contributed by atoms with Crippen LogP contribution < -0.4 is 4.90 Å². The zero-order valence-electron chi connectivity index (χ0n) is 16.1. The number of amides is 1. The summed E-state index contributed by atoms with van der Waals surface area (Å²) in [5, 5.41) is 0. The number of aromatic amines is 1. The van der Waals surface area contributed by atoms with E-state index in [2.05, 4.69) is 28.2 Å².